The van der Waals surface area contributed by atoms with Gasteiger partial charge in [0.25, 0.3) is 11.6 Å². The Bertz CT molecular complexity index is 430. The molecule has 1 atom stereocenters. The Kier molecular flexibility index (Phi) is 4.59. The van der Waals surface area contributed by atoms with Gasteiger partial charge in [-0.1, -0.05) is 0 Å². The summed E-state index contributed by atoms with van der Waals surface area (Å²) in [7, 11) is 1.80. The van der Waals surface area contributed by atoms with E-state index >= 15 is 0 Å². The average Bonchev–Trinajstić information content (AvgIpc) is 2.67. The highest BCUT2D eigenvalue weighted by molar-refractivity contribution is 7.14. The van der Waals surface area contributed by atoms with Gasteiger partial charge in [0.2, 0.25) is 0 Å². The number of hydrogen-bond donors (Lipinski definition) is 2. The monoisotopic (exact) mass is 257 g/mol. The summed E-state index contributed by atoms with van der Waals surface area (Å²) in [4.78, 5) is 22.8. The van der Waals surface area contributed by atoms with E-state index in [4.69, 9.17) is 0 Å². The van der Waals surface area contributed by atoms with E-state index in [0.717, 1.165) is 11.3 Å². The Morgan fingerprint density at radius 2 is 2.29 bits per heavy atom. The number of thiophene rings is 1. The van der Waals surface area contributed by atoms with Crippen LogP contribution in [0.5, 0.6) is 0 Å². The molecule has 2 N–H and O–H groups in total. The number of hydrogen-bond acceptors (Lipinski definition) is 5. The first-order valence-corrected chi connectivity index (χ1v) is 5.97. The molecule has 1 rings (SSSR count). The molecule has 1 heterocycles. The van der Waals surface area contributed by atoms with Crippen LogP contribution in [-0.4, -0.2) is 30.5 Å². The fourth-order valence-corrected chi connectivity index (χ4v) is 2.10. The van der Waals surface area contributed by atoms with Crippen molar-refractivity contribution in [1.82, 2.24) is 10.6 Å². The third-order valence-electron chi connectivity index (χ3n) is 2.37. The summed E-state index contributed by atoms with van der Waals surface area (Å²) < 4.78 is 0. The first kappa shape index (κ1) is 13.6. The lowest BCUT2D eigenvalue weighted by Crippen LogP contribution is -2.36. The zero-order valence-corrected chi connectivity index (χ0v) is 10.8. The molecular formula is C10H15N3O3S. The molecule has 0 aliphatic rings. The second-order valence-corrected chi connectivity index (χ2v) is 4.97. The van der Waals surface area contributed by atoms with Crippen LogP contribution < -0.4 is 10.6 Å². The molecule has 1 aromatic heterocycles. The molecule has 0 saturated carbocycles. The lowest BCUT2D eigenvalue weighted by molar-refractivity contribution is -0.385. The van der Waals surface area contributed by atoms with Crippen LogP contribution in [0.2, 0.25) is 0 Å². The molecule has 0 fully saturated rings. The van der Waals surface area contributed by atoms with Gasteiger partial charge in [-0.3, -0.25) is 14.9 Å². The highest BCUT2D eigenvalue weighted by Crippen LogP contribution is 2.27. The van der Waals surface area contributed by atoms with E-state index in [1.54, 1.807) is 14.0 Å². The number of nitrogens with one attached hydrogen (secondary N) is 2. The van der Waals surface area contributed by atoms with Gasteiger partial charge in [0.15, 0.2) is 0 Å². The van der Waals surface area contributed by atoms with Crippen molar-refractivity contribution in [2.45, 2.75) is 19.9 Å². The van der Waals surface area contributed by atoms with Crippen molar-refractivity contribution < 1.29 is 9.72 Å². The number of rotatable bonds is 5. The van der Waals surface area contributed by atoms with Crippen LogP contribution in [0.1, 0.15) is 21.5 Å². The molecule has 1 unspecified atom stereocenters. The number of carbonyl (C=O) groups is 1. The van der Waals surface area contributed by atoms with Crippen molar-refractivity contribution in [3.05, 3.63) is 25.9 Å². The van der Waals surface area contributed by atoms with Gasteiger partial charge in [-0.2, -0.15) is 0 Å². The molecule has 1 aromatic rings. The highest BCUT2D eigenvalue weighted by atomic mass is 32.1. The zero-order valence-electron chi connectivity index (χ0n) is 9.94. The number of nitrogens with zero attached hydrogens (tertiary/aromatic N) is 1. The molecule has 1 amide bonds. The van der Waals surface area contributed by atoms with Crippen molar-refractivity contribution in [1.29, 1.82) is 0 Å². The van der Waals surface area contributed by atoms with Gasteiger partial charge in [0, 0.05) is 18.7 Å². The maximum Gasteiger partial charge on any atom is 0.283 e. The minimum Gasteiger partial charge on any atom is -0.350 e. The van der Waals surface area contributed by atoms with Crippen LogP contribution in [0.25, 0.3) is 0 Å². The molecule has 0 spiro atoms. The van der Waals surface area contributed by atoms with Gasteiger partial charge < -0.3 is 10.6 Å². The van der Waals surface area contributed by atoms with Crippen LogP contribution in [0, 0.1) is 17.0 Å². The van der Waals surface area contributed by atoms with E-state index < -0.39 is 4.92 Å². The first-order chi connectivity index (χ1) is 7.95. The van der Waals surface area contributed by atoms with E-state index in [-0.39, 0.29) is 17.6 Å². The van der Waals surface area contributed by atoms with Crippen LogP contribution in [0.15, 0.2) is 6.07 Å². The molecular weight excluding hydrogens is 242 g/mol. The fourth-order valence-electron chi connectivity index (χ4n) is 1.20. The number of aryl methyl sites for hydroxylation is 1. The van der Waals surface area contributed by atoms with Crippen molar-refractivity contribution in [3.63, 3.8) is 0 Å². The predicted octanol–water partition coefficient (Wildman–Crippen LogP) is 1.30. The van der Waals surface area contributed by atoms with Gasteiger partial charge >= 0.3 is 0 Å². The Labute approximate surface area is 103 Å². The van der Waals surface area contributed by atoms with Gasteiger partial charge in [-0.15, -0.1) is 11.3 Å². The Morgan fingerprint density at radius 1 is 1.65 bits per heavy atom. The molecule has 17 heavy (non-hydrogen) atoms. The minimum absolute atomic E-state index is 0.00168. The molecule has 0 aliphatic carbocycles. The summed E-state index contributed by atoms with van der Waals surface area (Å²) in [6.07, 6.45) is 0. The second-order valence-electron chi connectivity index (χ2n) is 3.71. The van der Waals surface area contributed by atoms with Gasteiger partial charge in [-0.25, -0.2) is 0 Å². The fraction of sp³-hybridized carbons (Fsp3) is 0.500. The smallest absolute Gasteiger partial charge is 0.283 e. The van der Waals surface area contributed by atoms with Crippen molar-refractivity contribution in [2.75, 3.05) is 13.6 Å². The van der Waals surface area contributed by atoms with Gasteiger partial charge in [-0.05, 0) is 20.9 Å². The Balaban J connectivity index is 2.70. The molecule has 0 bridgehead atoms. The van der Waals surface area contributed by atoms with E-state index in [9.17, 15) is 14.9 Å². The largest absolute Gasteiger partial charge is 0.350 e. The number of amides is 1. The topological polar surface area (TPSA) is 84.3 Å². The molecule has 6 nitrogen and oxygen atoms in total. The van der Waals surface area contributed by atoms with Crippen LogP contribution in [0.4, 0.5) is 5.69 Å². The number of likely N-dealkylation sites (N-methyl/N-ethyl adjacent to an activating group) is 1. The van der Waals surface area contributed by atoms with Crippen molar-refractivity contribution in [3.8, 4) is 0 Å². The average molecular weight is 257 g/mol. The quantitative estimate of drug-likeness (QED) is 0.615. The van der Waals surface area contributed by atoms with Crippen molar-refractivity contribution in [2.24, 2.45) is 0 Å². The first-order valence-electron chi connectivity index (χ1n) is 5.16. The summed E-state index contributed by atoms with van der Waals surface area (Å²) in [5, 5.41) is 16.3. The zero-order chi connectivity index (χ0) is 13.0. The van der Waals surface area contributed by atoms with E-state index in [1.165, 1.54) is 6.07 Å². The standard InChI is InChI=1S/C10H15N3O3S/c1-6(11-3)5-12-10(14)9-4-8(13(15)16)7(2)17-9/h4,6,11H,5H2,1-3H3,(H,12,14). The van der Waals surface area contributed by atoms with E-state index in [0.29, 0.717) is 16.3 Å². The summed E-state index contributed by atoms with van der Waals surface area (Å²) in [6, 6.07) is 1.48. The molecule has 0 aromatic carbocycles. The molecule has 0 radical (unpaired) electrons. The minimum atomic E-state index is -0.473. The maximum absolute atomic E-state index is 11.7. The van der Waals surface area contributed by atoms with Crippen LogP contribution >= 0.6 is 11.3 Å². The highest BCUT2D eigenvalue weighted by Gasteiger charge is 2.19. The number of carbonyl (C=O) groups excluding carboxylic acids is 1. The summed E-state index contributed by atoms with van der Waals surface area (Å²) in [6.45, 7) is 4.05. The lowest BCUT2D eigenvalue weighted by atomic mass is 10.3. The Hall–Kier alpha value is -1.47. The predicted molar refractivity (Wildman–Crippen MR) is 66.6 cm³/mol. The van der Waals surface area contributed by atoms with Gasteiger partial charge in [0.1, 0.15) is 0 Å². The van der Waals surface area contributed by atoms with Crippen molar-refractivity contribution >= 4 is 22.9 Å². The SMILES string of the molecule is CNC(C)CNC(=O)c1cc([N+](=O)[O-])c(C)s1. The summed E-state index contributed by atoms with van der Waals surface area (Å²) >= 11 is 1.14. The summed E-state index contributed by atoms with van der Waals surface area (Å²) in [5.74, 6) is -0.270. The normalized spacial score (nSPS) is 12.2. The maximum atomic E-state index is 11.7. The molecule has 7 heteroatoms. The van der Waals surface area contributed by atoms with Crippen LogP contribution in [0.3, 0.4) is 0 Å². The van der Waals surface area contributed by atoms with E-state index in [2.05, 4.69) is 10.6 Å². The Morgan fingerprint density at radius 3 is 2.76 bits per heavy atom. The van der Waals surface area contributed by atoms with Gasteiger partial charge in [0.05, 0.1) is 14.7 Å². The molecule has 0 saturated heterocycles. The van der Waals surface area contributed by atoms with Crippen LogP contribution in [-0.2, 0) is 0 Å². The third-order valence-corrected chi connectivity index (χ3v) is 3.41. The summed E-state index contributed by atoms with van der Waals surface area (Å²) in [5.41, 5.74) is 0.00168. The van der Waals surface area contributed by atoms with E-state index in [1.807, 2.05) is 6.92 Å². The third kappa shape index (κ3) is 3.50. The second kappa shape index (κ2) is 5.74. The number of nitro groups is 1. The molecule has 0 aliphatic heterocycles. The molecule has 94 valence electrons. The lowest BCUT2D eigenvalue weighted by Gasteiger charge is -2.10.